The van der Waals surface area contributed by atoms with Crippen molar-refractivity contribution in [1.82, 2.24) is 0 Å². The summed E-state index contributed by atoms with van der Waals surface area (Å²) in [4.78, 5) is 0. The van der Waals surface area contributed by atoms with Crippen molar-refractivity contribution in [2.75, 3.05) is 0 Å². The minimum Gasteiger partial charge on any atom is -0.163 e. The normalized spacial score (nSPS) is 4.33. The molecule has 0 spiro atoms. The fourth-order valence-electron chi connectivity index (χ4n) is 0.235. The van der Waals surface area contributed by atoms with Crippen LogP contribution >= 0.6 is 0 Å². The first kappa shape index (κ1) is 70.2. The summed E-state index contributed by atoms with van der Waals surface area (Å²) in [7, 11) is 27.8. The van der Waals surface area contributed by atoms with Gasteiger partial charge in [-0.3, -0.25) is 0 Å². The van der Waals surface area contributed by atoms with Gasteiger partial charge < -0.3 is 0 Å². The SMILES string of the molecule is C.C.CC.CC.CC(C)=C=C=C=C=C(F)F.FF.[B]C.[B]C.[B]C.[B]C.[B]CC[B]. The number of halogens is 4. The van der Waals surface area contributed by atoms with Gasteiger partial charge in [0.15, 0.2) is 0 Å². The average molecular weight is 423 g/mol. The van der Waals surface area contributed by atoms with Crippen molar-refractivity contribution in [3.63, 3.8) is 0 Å². The van der Waals surface area contributed by atoms with Crippen LogP contribution in [0.5, 0.6) is 0 Å². The first-order valence-corrected chi connectivity index (χ1v) is 8.40. The van der Waals surface area contributed by atoms with Gasteiger partial charge in [0, 0.05) is 14.9 Å². The van der Waals surface area contributed by atoms with E-state index in [1.54, 1.807) is 19.6 Å². The predicted octanol–water partition coefficient (Wildman–Crippen LogP) is 7.93. The lowest BCUT2D eigenvalue weighted by Gasteiger charge is -1.67. The zero-order valence-electron chi connectivity index (χ0n) is 19.4. The zero-order chi connectivity index (χ0) is 25.4. The Morgan fingerprint density at radius 3 is 0.933 bits per heavy atom. The van der Waals surface area contributed by atoms with Crippen molar-refractivity contribution >= 4 is 47.1 Å². The molecule has 0 heterocycles. The third kappa shape index (κ3) is 374. The van der Waals surface area contributed by atoms with Crippen molar-refractivity contribution in [3.05, 3.63) is 34.6 Å². The quantitative estimate of drug-likeness (QED) is 0.228. The molecule has 0 atom stereocenters. The summed E-state index contributed by atoms with van der Waals surface area (Å²) in [5, 5.41) is 0. The summed E-state index contributed by atoms with van der Waals surface area (Å²) in [6.07, 6.45) is -0.706. The van der Waals surface area contributed by atoms with Crippen LogP contribution in [0.3, 0.4) is 0 Å². The van der Waals surface area contributed by atoms with Crippen LogP contribution in [0.15, 0.2) is 34.6 Å². The van der Waals surface area contributed by atoms with Crippen LogP contribution in [0.25, 0.3) is 0 Å². The van der Waals surface area contributed by atoms with Crippen LogP contribution in [0.4, 0.5) is 17.9 Å². The summed E-state index contributed by atoms with van der Waals surface area (Å²) in [5.74, 6) is 0. The molecule has 0 amide bonds. The summed E-state index contributed by atoms with van der Waals surface area (Å²) >= 11 is 0. The van der Waals surface area contributed by atoms with Crippen molar-refractivity contribution in [1.29, 1.82) is 0 Å². The second kappa shape index (κ2) is 169. The molecule has 30 heavy (non-hydrogen) atoms. The van der Waals surface area contributed by atoms with Crippen molar-refractivity contribution < 1.29 is 17.9 Å². The molecular formula is C20H42B6F4. The van der Waals surface area contributed by atoms with Gasteiger partial charge in [-0.15, -0.1) is 0 Å². The van der Waals surface area contributed by atoms with Crippen LogP contribution in [-0.4, -0.2) is 47.1 Å². The molecule has 0 aliphatic carbocycles. The van der Waals surface area contributed by atoms with Crippen molar-refractivity contribution in [3.8, 4) is 0 Å². The third-order valence-corrected chi connectivity index (χ3v) is 0.699. The fourth-order valence-corrected chi connectivity index (χ4v) is 0.235. The summed E-state index contributed by atoms with van der Waals surface area (Å²) in [6.45, 7) is 17.6. The molecule has 0 aliphatic rings. The molecule has 0 saturated carbocycles. The Labute approximate surface area is 196 Å². The van der Waals surface area contributed by atoms with Gasteiger partial charge in [0.1, 0.15) is 0 Å². The Balaban J connectivity index is -0.0000000172. The Morgan fingerprint density at radius 2 is 0.800 bits per heavy atom. The van der Waals surface area contributed by atoms with E-state index >= 15 is 0 Å². The van der Waals surface area contributed by atoms with Gasteiger partial charge >= 0.3 is 6.08 Å². The Morgan fingerprint density at radius 1 is 0.600 bits per heavy atom. The van der Waals surface area contributed by atoms with Gasteiger partial charge in [-0.1, -0.05) is 88.2 Å². The van der Waals surface area contributed by atoms with Gasteiger partial charge in [0.25, 0.3) is 0 Å². The maximum absolute atomic E-state index is 11.2. The van der Waals surface area contributed by atoms with Crippen LogP contribution in [0, 0.1) is 0 Å². The standard InChI is InChI=1S/C8H6F2.C2H4B2.2C2H6.4CH3B.2CH4.F2/c1-7(2)5-3-4-6-8(9)10;3-1-2-4;6*1-2;;;1-2/h1-2H3;1-2H2;2*1-2H3;4*1H3;2*1H4;. The van der Waals surface area contributed by atoms with E-state index in [4.69, 9.17) is 24.8 Å². The molecule has 0 fully saturated rings. The van der Waals surface area contributed by atoms with E-state index < -0.39 is 6.08 Å². The average Bonchev–Trinajstić information content (AvgIpc) is 2.81. The van der Waals surface area contributed by atoms with Crippen molar-refractivity contribution in [2.45, 2.75) is 96.3 Å². The lowest BCUT2D eigenvalue weighted by atomic mass is 9.91. The largest absolute Gasteiger partial charge is 0.321 e. The van der Waals surface area contributed by atoms with E-state index in [1.807, 2.05) is 33.4 Å². The first-order valence-electron chi connectivity index (χ1n) is 8.40. The number of hydrogen-bond acceptors (Lipinski definition) is 0. The van der Waals surface area contributed by atoms with Crippen LogP contribution in [0.2, 0.25) is 39.9 Å². The molecule has 0 aromatic rings. The molecule has 10 heteroatoms. The second-order valence-electron chi connectivity index (χ2n) is 2.34. The van der Waals surface area contributed by atoms with E-state index in [-0.39, 0.29) is 14.9 Å². The highest BCUT2D eigenvalue weighted by molar-refractivity contribution is 6.16. The number of rotatable bonds is 1. The molecule has 0 aromatic heterocycles. The molecule has 12 radical (unpaired) electrons. The van der Waals surface area contributed by atoms with Crippen LogP contribution in [-0.2, 0) is 0 Å². The van der Waals surface area contributed by atoms with E-state index in [2.05, 4.69) is 42.8 Å². The fraction of sp³-hybridized carbons (Fsp3) is 0.700. The lowest BCUT2D eigenvalue weighted by molar-refractivity contribution is 0.108. The van der Waals surface area contributed by atoms with Gasteiger partial charge in [-0.2, -0.15) is 8.78 Å². The molecule has 0 bridgehead atoms. The Hall–Kier alpha value is -1.03. The Bertz CT molecular complexity index is 290. The summed E-state index contributed by atoms with van der Waals surface area (Å²) in [5.41, 5.74) is 9.21. The van der Waals surface area contributed by atoms with Gasteiger partial charge in [-0.25, -0.2) is 0 Å². The van der Waals surface area contributed by atoms with E-state index in [0.717, 1.165) is 5.57 Å². The molecule has 0 N–H and O–H groups in total. The third-order valence-electron chi connectivity index (χ3n) is 0.699. The lowest BCUT2D eigenvalue weighted by Crippen LogP contribution is -1.60. The molecule has 0 saturated heterocycles. The maximum atomic E-state index is 11.2. The molecule has 0 unspecified atom stereocenters. The number of hydrogen-bond donors (Lipinski definition) is 0. The molecule has 0 nitrogen and oxygen atoms in total. The molecule has 0 aromatic carbocycles. The minimum absolute atomic E-state index is 0. The van der Waals surface area contributed by atoms with Crippen LogP contribution in [0.1, 0.15) is 56.4 Å². The molecular weight excluding hydrogens is 381 g/mol. The first-order chi connectivity index (χ1) is 13.5. The molecule has 0 rings (SSSR count). The highest BCUT2D eigenvalue weighted by atomic mass is 20.0. The highest BCUT2D eigenvalue weighted by Gasteiger charge is 1.74. The maximum Gasteiger partial charge on any atom is 0.321 e. The van der Waals surface area contributed by atoms with Gasteiger partial charge in [-0.05, 0) is 30.9 Å². The highest BCUT2D eigenvalue weighted by Crippen LogP contribution is 1.89. The molecule has 0 aliphatic heterocycles. The monoisotopic (exact) mass is 424 g/mol. The van der Waals surface area contributed by atoms with Crippen molar-refractivity contribution in [2.24, 2.45) is 0 Å². The van der Waals surface area contributed by atoms with Gasteiger partial charge in [0.2, 0.25) is 0 Å². The van der Waals surface area contributed by atoms with Gasteiger partial charge in [0.05, 0.1) is 47.1 Å². The molecule has 168 valence electrons. The Kier molecular flexibility index (Phi) is 396. The summed E-state index contributed by atoms with van der Waals surface area (Å²) < 4.78 is 38.5. The zero-order valence-corrected chi connectivity index (χ0v) is 19.4. The van der Waals surface area contributed by atoms with Crippen LogP contribution < -0.4 is 0 Å². The topological polar surface area (TPSA) is 0 Å². The second-order valence-corrected chi connectivity index (χ2v) is 2.34. The number of allylic oxidation sites excluding steroid dienone is 1. The predicted molar refractivity (Wildman–Crippen MR) is 141 cm³/mol. The summed E-state index contributed by atoms with van der Waals surface area (Å²) in [6, 6.07) is 0. The van der Waals surface area contributed by atoms with E-state index in [1.165, 1.54) is 27.3 Å². The smallest absolute Gasteiger partial charge is 0.163 e. The van der Waals surface area contributed by atoms with E-state index in [0.29, 0.717) is 12.6 Å². The van der Waals surface area contributed by atoms with E-state index in [9.17, 15) is 8.78 Å². The minimum atomic E-state index is -1.90.